The minimum Gasteiger partial charge on any atom is -0.382 e. The zero-order chi connectivity index (χ0) is 19.5. The number of nitrogens with zero attached hydrogens (tertiary/aromatic N) is 1. The van der Waals surface area contributed by atoms with Gasteiger partial charge in [-0.25, -0.2) is 0 Å². The van der Waals surface area contributed by atoms with E-state index in [1.165, 1.54) is 24.1 Å². The molecule has 2 fully saturated rings. The quantitative estimate of drug-likeness (QED) is 0.789. The van der Waals surface area contributed by atoms with Crippen LogP contribution in [-0.2, 0) is 9.59 Å². The fourth-order valence-corrected chi connectivity index (χ4v) is 4.63. The Hall–Kier alpha value is -2.69. The molecule has 2 unspecified atom stereocenters. The molecule has 2 heterocycles. The molecular formula is C23H27N3O2. The Morgan fingerprint density at radius 1 is 1.04 bits per heavy atom. The van der Waals surface area contributed by atoms with Crippen LogP contribution < -0.4 is 10.6 Å². The molecule has 0 radical (unpaired) electrons. The molecule has 2 aliphatic rings. The van der Waals surface area contributed by atoms with Crippen molar-refractivity contribution < 1.29 is 9.59 Å². The summed E-state index contributed by atoms with van der Waals surface area (Å²) >= 11 is 0. The predicted octanol–water partition coefficient (Wildman–Crippen LogP) is 4.05. The molecule has 28 heavy (non-hydrogen) atoms. The van der Waals surface area contributed by atoms with E-state index < -0.39 is 0 Å². The van der Waals surface area contributed by atoms with E-state index in [9.17, 15) is 9.59 Å². The molecule has 2 aromatic rings. The van der Waals surface area contributed by atoms with Crippen LogP contribution >= 0.6 is 0 Å². The Labute approximate surface area is 165 Å². The van der Waals surface area contributed by atoms with E-state index >= 15 is 0 Å². The lowest BCUT2D eigenvalue weighted by Gasteiger charge is -2.31. The lowest BCUT2D eigenvalue weighted by Crippen LogP contribution is -2.37. The van der Waals surface area contributed by atoms with Crippen molar-refractivity contribution in [2.75, 3.05) is 5.32 Å². The molecule has 2 N–H and O–H groups in total. The van der Waals surface area contributed by atoms with Gasteiger partial charge in [-0.2, -0.15) is 0 Å². The Morgan fingerprint density at radius 3 is 2.64 bits per heavy atom. The minimum atomic E-state index is -0.180. The number of carbonyl (C=O) groups is 2. The number of carbonyl (C=O) groups excluding carboxylic acids is 2. The zero-order valence-corrected chi connectivity index (χ0v) is 16.3. The molecule has 1 aliphatic carbocycles. The van der Waals surface area contributed by atoms with Gasteiger partial charge in [0.1, 0.15) is 0 Å². The number of hydrogen-bond donors (Lipinski definition) is 2. The Kier molecular flexibility index (Phi) is 5.42. The second-order valence-corrected chi connectivity index (χ2v) is 8.11. The van der Waals surface area contributed by atoms with Crippen LogP contribution in [0, 0.1) is 6.92 Å². The van der Waals surface area contributed by atoms with E-state index in [0.29, 0.717) is 24.8 Å². The summed E-state index contributed by atoms with van der Waals surface area (Å²) in [6, 6.07) is 12.8. The van der Waals surface area contributed by atoms with Gasteiger partial charge in [0.15, 0.2) is 0 Å². The maximum absolute atomic E-state index is 11.7. The van der Waals surface area contributed by atoms with Crippen LogP contribution in [0.5, 0.6) is 0 Å². The van der Waals surface area contributed by atoms with Gasteiger partial charge in [-0.05, 0) is 55.5 Å². The second kappa shape index (κ2) is 8.13. The van der Waals surface area contributed by atoms with E-state index in [-0.39, 0.29) is 17.7 Å². The number of amides is 2. The van der Waals surface area contributed by atoms with E-state index in [2.05, 4.69) is 40.7 Å². The lowest BCUT2D eigenvalue weighted by molar-refractivity contribution is -0.133. The van der Waals surface area contributed by atoms with Crippen LogP contribution in [0.2, 0.25) is 0 Å². The number of pyridine rings is 1. The van der Waals surface area contributed by atoms with Crippen LogP contribution in [0.1, 0.15) is 67.2 Å². The number of anilines is 1. The van der Waals surface area contributed by atoms with Crippen LogP contribution in [0.15, 0.2) is 42.6 Å². The predicted molar refractivity (Wildman–Crippen MR) is 109 cm³/mol. The number of nitrogens with one attached hydrogen (secondary N) is 2. The first-order valence-corrected chi connectivity index (χ1v) is 10.2. The number of rotatable bonds is 4. The first-order valence-electron chi connectivity index (χ1n) is 10.2. The number of benzene rings is 1. The molecule has 0 bridgehead atoms. The third-order valence-corrected chi connectivity index (χ3v) is 5.98. The Balaban J connectivity index is 1.45. The normalized spacial score (nSPS) is 23.3. The molecule has 1 aromatic carbocycles. The van der Waals surface area contributed by atoms with Gasteiger partial charge in [-0.1, -0.05) is 24.6 Å². The largest absolute Gasteiger partial charge is 0.382 e. The highest BCUT2D eigenvalue weighted by molar-refractivity contribution is 5.98. The van der Waals surface area contributed by atoms with Gasteiger partial charge >= 0.3 is 0 Å². The number of piperidine rings is 1. The minimum absolute atomic E-state index is 0.0294. The third kappa shape index (κ3) is 4.24. The van der Waals surface area contributed by atoms with Gasteiger partial charge in [-0.3, -0.25) is 19.9 Å². The maximum atomic E-state index is 11.7. The summed E-state index contributed by atoms with van der Waals surface area (Å²) in [6.07, 6.45) is 7.25. The van der Waals surface area contributed by atoms with Gasteiger partial charge in [0.2, 0.25) is 11.8 Å². The molecule has 4 rings (SSSR count). The second-order valence-electron chi connectivity index (χ2n) is 8.11. The van der Waals surface area contributed by atoms with Gasteiger partial charge in [0.05, 0.1) is 0 Å². The van der Waals surface area contributed by atoms with Crippen molar-refractivity contribution in [2.45, 2.75) is 63.3 Å². The van der Waals surface area contributed by atoms with Gasteiger partial charge in [-0.15, -0.1) is 0 Å². The first kappa shape index (κ1) is 18.7. The average molecular weight is 377 g/mol. The van der Waals surface area contributed by atoms with Gasteiger partial charge < -0.3 is 5.32 Å². The molecule has 1 saturated carbocycles. The molecule has 1 aliphatic heterocycles. The summed E-state index contributed by atoms with van der Waals surface area (Å²) in [5.74, 6) is 0.106. The van der Waals surface area contributed by atoms with Gasteiger partial charge in [0, 0.05) is 48.3 Å². The summed E-state index contributed by atoms with van der Waals surface area (Å²) in [4.78, 5) is 28.0. The van der Waals surface area contributed by atoms with E-state index in [1.54, 1.807) is 0 Å². The molecule has 0 spiro atoms. The monoisotopic (exact) mass is 377 g/mol. The highest BCUT2D eigenvalue weighted by Gasteiger charge is 2.27. The summed E-state index contributed by atoms with van der Waals surface area (Å²) < 4.78 is 0. The summed E-state index contributed by atoms with van der Waals surface area (Å²) in [5.41, 5.74) is 4.63. The van der Waals surface area contributed by atoms with Crippen LogP contribution in [0.4, 0.5) is 5.69 Å². The van der Waals surface area contributed by atoms with E-state index in [4.69, 9.17) is 0 Å². The van der Waals surface area contributed by atoms with Crippen molar-refractivity contribution in [3.63, 3.8) is 0 Å². The van der Waals surface area contributed by atoms with Crippen LogP contribution in [0.3, 0.4) is 0 Å². The van der Waals surface area contributed by atoms with Crippen LogP contribution in [-0.4, -0.2) is 22.8 Å². The van der Waals surface area contributed by atoms with Crippen molar-refractivity contribution in [1.82, 2.24) is 10.3 Å². The average Bonchev–Trinajstić information content (AvgIpc) is 2.68. The van der Waals surface area contributed by atoms with Crippen LogP contribution in [0.25, 0.3) is 0 Å². The number of imide groups is 1. The van der Waals surface area contributed by atoms with Crippen molar-refractivity contribution >= 4 is 17.5 Å². The van der Waals surface area contributed by atoms with Crippen molar-refractivity contribution in [3.05, 3.63) is 59.4 Å². The zero-order valence-electron chi connectivity index (χ0n) is 16.3. The molecule has 146 valence electrons. The fraction of sp³-hybridized carbons (Fsp3) is 0.435. The Bertz CT molecular complexity index is 864. The molecule has 2 amide bonds. The summed E-state index contributed by atoms with van der Waals surface area (Å²) in [7, 11) is 0. The Morgan fingerprint density at radius 2 is 1.86 bits per heavy atom. The standard InChI is InChI=1S/C23H27N3O2/c1-15-5-4-10-24-23(15)17-7-3-9-20(12-17)25-19-8-2-6-16(11-19)18-13-21(27)26-22(28)14-18/h2,4-6,8,10-11,17-18,20,25H,3,7,9,12-14H2,1H3,(H,26,27,28). The molecule has 1 aromatic heterocycles. The lowest BCUT2D eigenvalue weighted by atomic mass is 9.82. The van der Waals surface area contributed by atoms with Gasteiger partial charge in [0.25, 0.3) is 0 Å². The number of aromatic nitrogens is 1. The molecule has 2 atom stereocenters. The highest BCUT2D eigenvalue weighted by Crippen LogP contribution is 2.35. The smallest absolute Gasteiger partial charge is 0.227 e. The SMILES string of the molecule is Cc1cccnc1C1CCCC(Nc2cccc(C3CC(=O)NC(=O)C3)c2)C1. The topological polar surface area (TPSA) is 71.1 Å². The maximum Gasteiger partial charge on any atom is 0.227 e. The fourth-order valence-electron chi connectivity index (χ4n) is 4.63. The van der Waals surface area contributed by atoms with Crippen molar-refractivity contribution in [2.24, 2.45) is 0 Å². The molecule has 5 nitrogen and oxygen atoms in total. The highest BCUT2D eigenvalue weighted by atomic mass is 16.2. The number of hydrogen-bond acceptors (Lipinski definition) is 4. The molecule has 1 saturated heterocycles. The van der Waals surface area contributed by atoms with Crippen molar-refractivity contribution in [3.8, 4) is 0 Å². The number of aryl methyl sites for hydroxylation is 1. The molecule has 5 heteroatoms. The van der Waals surface area contributed by atoms with E-state index in [1.807, 2.05) is 24.4 Å². The first-order chi connectivity index (χ1) is 13.6. The summed E-state index contributed by atoms with van der Waals surface area (Å²) in [5, 5.41) is 6.07. The van der Waals surface area contributed by atoms with Crippen molar-refractivity contribution in [1.29, 1.82) is 0 Å². The summed E-state index contributed by atoms with van der Waals surface area (Å²) in [6.45, 7) is 2.14. The molecular weight excluding hydrogens is 350 g/mol. The third-order valence-electron chi connectivity index (χ3n) is 5.98. The van der Waals surface area contributed by atoms with E-state index in [0.717, 1.165) is 24.1 Å².